The lowest BCUT2D eigenvalue weighted by Gasteiger charge is -1.94. The Morgan fingerprint density at radius 1 is 1.09 bits per heavy atom. The molecule has 0 aliphatic rings. The Hall–Kier alpha value is -0.890. The van der Waals surface area contributed by atoms with Gasteiger partial charge in [-0.2, -0.15) is 4.39 Å². The van der Waals surface area contributed by atoms with E-state index in [0.29, 0.717) is 0 Å². The normalized spacial score (nSPS) is 12.6. The van der Waals surface area contributed by atoms with Crippen LogP contribution < -0.4 is 0 Å². The van der Waals surface area contributed by atoms with Gasteiger partial charge in [-0.15, -0.1) is 0 Å². The minimum absolute atomic E-state index is 0.153. The molecule has 0 unspecified atom stereocenters. The first-order valence-corrected chi connectivity index (χ1v) is 3.36. The summed E-state index contributed by atoms with van der Waals surface area (Å²) in [5, 5.41) is -1.31. The molecule has 3 heteroatoms. The first kappa shape index (κ1) is 8.21. The second kappa shape index (κ2) is 3.49. The zero-order valence-electron chi connectivity index (χ0n) is 5.52. The third kappa shape index (κ3) is 2.02. The van der Waals surface area contributed by atoms with Crippen molar-refractivity contribution < 1.29 is 8.78 Å². The first-order chi connectivity index (χ1) is 5.22. The van der Waals surface area contributed by atoms with Crippen LogP contribution in [-0.2, 0) is 0 Å². The Labute approximate surface area is 68.1 Å². The molecule has 0 spiro atoms. The van der Waals surface area contributed by atoms with Crippen molar-refractivity contribution in [3.05, 3.63) is 41.2 Å². The molecule has 0 bridgehead atoms. The molecular formula is C8H5ClF2. The molecule has 0 radical (unpaired) electrons. The quantitative estimate of drug-likeness (QED) is 0.612. The lowest BCUT2D eigenvalue weighted by Crippen LogP contribution is -1.76. The van der Waals surface area contributed by atoms with Crippen LogP contribution in [0, 0.1) is 0 Å². The lowest BCUT2D eigenvalue weighted by molar-refractivity contribution is 0.651. The summed E-state index contributed by atoms with van der Waals surface area (Å²) in [6.07, 6.45) is 0. The van der Waals surface area contributed by atoms with Crippen LogP contribution in [0.25, 0.3) is 5.83 Å². The average molecular weight is 175 g/mol. The van der Waals surface area contributed by atoms with E-state index >= 15 is 0 Å². The highest BCUT2D eigenvalue weighted by Crippen LogP contribution is 2.22. The maximum atomic E-state index is 12.6. The van der Waals surface area contributed by atoms with E-state index in [4.69, 9.17) is 11.6 Å². The maximum absolute atomic E-state index is 12.6. The van der Waals surface area contributed by atoms with Gasteiger partial charge in [-0.3, -0.25) is 0 Å². The van der Waals surface area contributed by atoms with Crippen molar-refractivity contribution in [1.29, 1.82) is 0 Å². The van der Waals surface area contributed by atoms with E-state index in [9.17, 15) is 8.78 Å². The van der Waals surface area contributed by atoms with Crippen LogP contribution in [0.4, 0.5) is 8.78 Å². The van der Waals surface area contributed by atoms with Crippen molar-refractivity contribution in [2.75, 3.05) is 0 Å². The van der Waals surface area contributed by atoms with Gasteiger partial charge in [-0.1, -0.05) is 30.3 Å². The molecule has 0 atom stereocenters. The van der Waals surface area contributed by atoms with Crippen molar-refractivity contribution >= 4 is 17.4 Å². The molecule has 0 aliphatic carbocycles. The van der Waals surface area contributed by atoms with E-state index in [1.165, 1.54) is 12.1 Å². The molecule has 0 saturated heterocycles. The predicted octanol–water partition coefficient (Wildman–Crippen LogP) is 3.49. The highest BCUT2D eigenvalue weighted by atomic mass is 35.5. The van der Waals surface area contributed by atoms with E-state index in [0.717, 1.165) is 0 Å². The van der Waals surface area contributed by atoms with Crippen molar-refractivity contribution in [2.45, 2.75) is 0 Å². The molecule has 0 saturated carbocycles. The Bertz CT molecular complexity index is 263. The number of halogens is 3. The number of rotatable bonds is 1. The molecule has 1 aromatic rings. The topological polar surface area (TPSA) is 0 Å². The van der Waals surface area contributed by atoms with Crippen LogP contribution in [0.15, 0.2) is 35.6 Å². The Morgan fingerprint density at radius 3 is 2.09 bits per heavy atom. The fraction of sp³-hybridized carbons (Fsp3) is 0. The molecular weight excluding hydrogens is 170 g/mol. The summed E-state index contributed by atoms with van der Waals surface area (Å²) in [5.74, 6) is -1.02. The van der Waals surface area contributed by atoms with Gasteiger partial charge in [-0.05, 0) is 11.6 Å². The molecule has 1 aromatic carbocycles. The third-order valence-electron chi connectivity index (χ3n) is 1.19. The van der Waals surface area contributed by atoms with E-state index < -0.39 is 11.1 Å². The highest BCUT2D eigenvalue weighted by molar-refractivity contribution is 6.30. The highest BCUT2D eigenvalue weighted by Gasteiger charge is 2.04. The first-order valence-electron chi connectivity index (χ1n) is 2.98. The van der Waals surface area contributed by atoms with Gasteiger partial charge in [0.25, 0.3) is 0 Å². The molecule has 1 rings (SSSR count). The van der Waals surface area contributed by atoms with Crippen molar-refractivity contribution in [2.24, 2.45) is 0 Å². The van der Waals surface area contributed by atoms with Gasteiger partial charge in [0.1, 0.15) is 0 Å². The lowest BCUT2D eigenvalue weighted by atomic mass is 10.2. The largest absolute Gasteiger partial charge is 0.225 e. The summed E-state index contributed by atoms with van der Waals surface area (Å²) in [4.78, 5) is 0. The molecule has 58 valence electrons. The summed E-state index contributed by atoms with van der Waals surface area (Å²) in [7, 11) is 0. The van der Waals surface area contributed by atoms with E-state index in [1.54, 1.807) is 18.2 Å². The summed E-state index contributed by atoms with van der Waals surface area (Å²) in [5.41, 5.74) is 0.153. The van der Waals surface area contributed by atoms with Crippen LogP contribution in [0.1, 0.15) is 5.56 Å². The summed E-state index contributed by atoms with van der Waals surface area (Å²) in [6.45, 7) is 0. The monoisotopic (exact) mass is 174 g/mol. The van der Waals surface area contributed by atoms with Crippen LogP contribution in [0.2, 0.25) is 0 Å². The fourth-order valence-corrected chi connectivity index (χ4v) is 0.803. The average Bonchev–Trinajstić information content (AvgIpc) is 2.05. The van der Waals surface area contributed by atoms with Gasteiger partial charge < -0.3 is 0 Å². The Balaban J connectivity index is 3.04. The molecule has 0 heterocycles. The van der Waals surface area contributed by atoms with Gasteiger partial charge in [0.05, 0.1) is 0 Å². The zero-order chi connectivity index (χ0) is 8.27. The summed E-state index contributed by atoms with van der Waals surface area (Å²) >= 11 is 4.80. The maximum Gasteiger partial charge on any atom is 0.225 e. The van der Waals surface area contributed by atoms with Gasteiger partial charge in [0.15, 0.2) is 5.83 Å². The van der Waals surface area contributed by atoms with Crippen molar-refractivity contribution in [1.82, 2.24) is 0 Å². The standard InChI is InChI=1S/C8H5ClF2/c9-8(11)7(10)6-4-2-1-3-5-6/h1-5H. The van der Waals surface area contributed by atoms with Crippen LogP contribution >= 0.6 is 11.6 Å². The second-order valence-electron chi connectivity index (χ2n) is 1.94. The number of hydrogen-bond donors (Lipinski definition) is 0. The molecule has 0 N–H and O–H groups in total. The van der Waals surface area contributed by atoms with E-state index in [-0.39, 0.29) is 5.56 Å². The Morgan fingerprint density at radius 2 is 1.64 bits per heavy atom. The molecule has 0 aliphatic heterocycles. The van der Waals surface area contributed by atoms with Crippen LogP contribution in [-0.4, -0.2) is 0 Å². The zero-order valence-corrected chi connectivity index (χ0v) is 6.28. The molecule has 0 nitrogen and oxygen atoms in total. The summed E-state index contributed by atoms with van der Waals surface area (Å²) in [6, 6.07) is 7.81. The number of benzene rings is 1. The smallest absolute Gasteiger partial charge is 0.202 e. The fourth-order valence-electron chi connectivity index (χ4n) is 0.694. The van der Waals surface area contributed by atoms with Gasteiger partial charge in [0, 0.05) is 5.56 Å². The van der Waals surface area contributed by atoms with Crippen LogP contribution in [0.5, 0.6) is 0 Å². The second-order valence-corrected chi connectivity index (χ2v) is 2.27. The van der Waals surface area contributed by atoms with Crippen molar-refractivity contribution in [3.63, 3.8) is 0 Å². The van der Waals surface area contributed by atoms with E-state index in [1.807, 2.05) is 0 Å². The van der Waals surface area contributed by atoms with Gasteiger partial charge in [0.2, 0.25) is 5.29 Å². The number of hydrogen-bond acceptors (Lipinski definition) is 0. The molecule has 0 aromatic heterocycles. The SMILES string of the molecule is FC(Cl)=C(F)c1ccccc1. The van der Waals surface area contributed by atoms with Crippen LogP contribution in [0.3, 0.4) is 0 Å². The molecule has 0 amide bonds. The van der Waals surface area contributed by atoms with Gasteiger partial charge >= 0.3 is 0 Å². The van der Waals surface area contributed by atoms with Gasteiger partial charge in [-0.25, -0.2) is 4.39 Å². The Kier molecular flexibility index (Phi) is 2.60. The minimum atomic E-state index is -1.31. The molecule has 0 fully saturated rings. The minimum Gasteiger partial charge on any atom is -0.202 e. The summed E-state index contributed by atoms with van der Waals surface area (Å²) < 4.78 is 24.7. The van der Waals surface area contributed by atoms with E-state index in [2.05, 4.69) is 0 Å². The molecule has 11 heavy (non-hydrogen) atoms. The predicted molar refractivity (Wildman–Crippen MR) is 41.4 cm³/mol. The van der Waals surface area contributed by atoms with Crippen molar-refractivity contribution in [3.8, 4) is 0 Å². The third-order valence-corrected chi connectivity index (χ3v) is 1.36.